The minimum Gasteiger partial charge on any atom is -0.493 e. The summed E-state index contributed by atoms with van der Waals surface area (Å²) in [5, 5.41) is 11.2. The molecule has 22 heavy (non-hydrogen) atoms. The van der Waals surface area contributed by atoms with Crippen molar-refractivity contribution < 1.29 is 24.2 Å². The number of hydrogen-bond acceptors (Lipinski definition) is 4. The van der Waals surface area contributed by atoms with Gasteiger partial charge in [0.2, 0.25) is 5.91 Å². The second-order valence-electron chi connectivity index (χ2n) is 4.79. The molecule has 0 fully saturated rings. The van der Waals surface area contributed by atoms with Gasteiger partial charge in [-0.15, -0.1) is 0 Å². The van der Waals surface area contributed by atoms with Gasteiger partial charge < -0.3 is 19.9 Å². The number of carboxylic acids is 1. The number of amides is 1. The van der Waals surface area contributed by atoms with Crippen LogP contribution in [0.15, 0.2) is 18.2 Å². The van der Waals surface area contributed by atoms with E-state index in [-0.39, 0.29) is 18.7 Å². The molecule has 6 nitrogen and oxygen atoms in total. The molecule has 6 heteroatoms. The topological polar surface area (TPSA) is 84.9 Å². The third kappa shape index (κ3) is 6.03. The van der Waals surface area contributed by atoms with Gasteiger partial charge in [-0.1, -0.05) is 19.1 Å². The van der Waals surface area contributed by atoms with E-state index in [9.17, 15) is 9.59 Å². The molecule has 0 bridgehead atoms. The van der Waals surface area contributed by atoms with Crippen LogP contribution in [-0.2, 0) is 16.0 Å². The first kappa shape index (κ1) is 17.8. The number of aliphatic carboxylic acids is 1. The van der Waals surface area contributed by atoms with Crippen molar-refractivity contribution in [2.24, 2.45) is 0 Å². The maximum Gasteiger partial charge on any atom is 0.303 e. The van der Waals surface area contributed by atoms with Crippen LogP contribution in [-0.4, -0.2) is 37.2 Å². The minimum absolute atomic E-state index is 0.00731. The fraction of sp³-hybridized carbons (Fsp3) is 0.500. The molecule has 0 aliphatic rings. The highest BCUT2D eigenvalue weighted by molar-refractivity contribution is 5.80. The van der Waals surface area contributed by atoms with Crippen molar-refractivity contribution in [1.29, 1.82) is 0 Å². The van der Waals surface area contributed by atoms with Crippen molar-refractivity contribution in [1.82, 2.24) is 5.32 Å². The number of nitrogens with one attached hydrogen (secondary N) is 1. The molecular formula is C16H23NO5. The van der Waals surface area contributed by atoms with E-state index in [2.05, 4.69) is 5.32 Å². The van der Waals surface area contributed by atoms with Crippen molar-refractivity contribution in [3.8, 4) is 11.5 Å². The zero-order valence-corrected chi connectivity index (χ0v) is 13.1. The standard InChI is InChI=1S/C16H23NO5/c1-3-11-22-16-12(5-4-6-13(16)21-2)9-10-17-14(18)7-8-15(19)20/h4-6H,3,7-11H2,1-2H3,(H,17,18)(H,19,20). The number of carbonyl (C=O) groups excluding carboxylic acids is 1. The molecule has 0 atom stereocenters. The van der Waals surface area contributed by atoms with Gasteiger partial charge in [0.05, 0.1) is 20.1 Å². The molecule has 122 valence electrons. The minimum atomic E-state index is -0.974. The van der Waals surface area contributed by atoms with Gasteiger partial charge in [-0.3, -0.25) is 9.59 Å². The summed E-state index contributed by atoms with van der Waals surface area (Å²) >= 11 is 0. The summed E-state index contributed by atoms with van der Waals surface area (Å²) in [5.74, 6) is 0.134. The largest absolute Gasteiger partial charge is 0.493 e. The lowest BCUT2D eigenvalue weighted by Crippen LogP contribution is -2.26. The number of hydrogen-bond donors (Lipinski definition) is 2. The zero-order valence-electron chi connectivity index (χ0n) is 13.1. The van der Waals surface area contributed by atoms with Crippen molar-refractivity contribution in [2.45, 2.75) is 32.6 Å². The van der Waals surface area contributed by atoms with Crippen LogP contribution in [0.5, 0.6) is 11.5 Å². The monoisotopic (exact) mass is 309 g/mol. The van der Waals surface area contributed by atoms with E-state index in [4.69, 9.17) is 14.6 Å². The van der Waals surface area contributed by atoms with Gasteiger partial charge in [0, 0.05) is 13.0 Å². The van der Waals surface area contributed by atoms with E-state index in [1.165, 1.54) is 0 Å². The highest BCUT2D eigenvalue weighted by atomic mass is 16.5. The van der Waals surface area contributed by atoms with E-state index in [0.717, 1.165) is 12.0 Å². The van der Waals surface area contributed by atoms with Gasteiger partial charge >= 0.3 is 5.97 Å². The smallest absolute Gasteiger partial charge is 0.303 e. The Labute approximate surface area is 130 Å². The van der Waals surface area contributed by atoms with Crippen molar-refractivity contribution >= 4 is 11.9 Å². The number of methoxy groups -OCH3 is 1. The average molecular weight is 309 g/mol. The highest BCUT2D eigenvalue weighted by Crippen LogP contribution is 2.31. The Hall–Kier alpha value is -2.24. The van der Waals surface area contributed by atoms with Crippen LogP contribution < -0.4 is 14.8 Å². The number of rotatable bonds is 10. The fourth-order valence-corrected chi connectivity index (χ4v) is 1.93. The summed E-state index contributed by atoms with van der Waals surface area (Å²) in [6, 6.07) is 5.63. The van der Waals surface area contributed by atoms with Crippen LogP contribution in [0.25, 0.3) is 0 Å². The van der Waals surface area contributed by atoms with Gasteiger partial charge in [-0.05, 0) is 24.5 Å². The van der Waals surface area contributed by atoms with Gasteiger partial charge in [0.25, 0.3) is 0 Å². The van der Waals surface area contributed by atoms with Crippen LogP contribution >= 0.6 is 0 Å². The Kier molecular flexibility index (Phi) is 7.81. The van der Waals surface area contributed by atoms with E-state index in [1.807, 2.05) is 25.1 Å². The molecule has 2 N–H and O–H groups in total. The third-order valence-electron chi connectivity index (χ3n) is 3.01. The quantitative estimate of drug-likeness (QED) is 0.690. The fourth-order valence-electron chi connectivity index (χ4n) is 1.93. The van der Waals surface area contributed by atoms with Crippen LogP contribution in [0.1, 0.15) is 31.7 Å². The Morgan fingerprint density at radius 3 is 2.68 bits per heavy atom. The molecule has 1 amide bonds. The molecule has 0 aliphatic carbocycles. The Morgan fingerprint density at radius 1 is 1.27 bits per heavy atom. The lowest BCUT2D eigenvalue weighted by Gasteiger charge is -2.15. The number of benzene rings is 1. The molecule has 0 saturated heterocycles. The second kappa shape index (κ2) is 9.65. The molecule has 0 saturated carbocycles. The summed E-state index contributed by atoms with van der Waals surface area (Å²) in [4.78, 5) is 21.9. The van der Waals surface area contributed by atoms with Crippen molar-refractivity contribution in [3.63, 3.8) is 0 Å². The number of carbonyl (C=O) groups is 2. The third-order valence-corrected chi connectivity index (χ3v) is 3.01. The van der Waals surface area contributed by atoms with Crippen LogP contribution in [0, 0.1) is 0 Å². The number of ether oxygens (including phenoxy) is 2. The zero-order chi connectivity index (χ0) is 16.4. The lowest BCUT2D eigenvalue weighted by molar-refractivity contribution is -0.138. The summed E-state index contributed by atoms with van der Waals surface area (Å²) in [5.41, 5.74) is 0.950. The van der Waals surface area contributed by atoms with Gasteiger partial charge in [-0.2, -0.15) is 0 Å². The molecule has 1 rings (SSSR count). The van der Waals surface area contributed by atoms with Gasteiger partial charge in [0.15, 0.2) is 11.5 Å². The van der Waals surface area contributed by atoms with Crippen molar-refractivity contribution in [2.75, 3.05) is 20.3 Å². The molecule has 0 aliphatic heterocycles. The maximum absolute atomic E-state index is 11.5. The Balaban J connectivity index is 2.57. The van der Waals surface area contributed by atoms with Crippen LogP contribution in [0.3, 0.4) is 0 Å². The normalized spacial score (nSPS) is 10.1. The lowest BCUT2D eigenvalue weighted by atomic mass is 10.1. The van der Waals surface area contributed by atoms with Gasteiger partial charge in [-0.25, -0.2) is 0 Å². The predicted octanol–water partition coefficient (Wildman–Crippen LogP) is 2.01. The van der Waals surface area contributed by atoms with E-state index in [1.54, 1.807) is 7.11 Å². The first-order valence-corrected chi connectivity index (χ1v) is 7.35. The first-order valence-electron chi connectivity index (χ1n) is 7.35. The SMILES string of the molecule is CCCOc1c(CCNC(=O)CCC(=O)O)cccc1OC. The predicted molar refractivity (Wildman–Crippen MR) is 82.4 cm³/mol. The Morgan fingerprint density at radius 2 is 2.05 bits per heavy atom. The summed E-state index contributed by atoms with van der Waals surface area (Å²) in [7, 11) is 1.59. The summed E-state index contributed by atoms with van der Waals surface area (Å²) in [6.07, 6.45) is 1.32. The second-order valence-corrected chi connectivity index (χ2v) is 4.79. The Bertz CT molecular complexity index is 501. The van der Waals surface area contributed by atoms with E-state index >= 15 is 0 Å². The highest BCUT2D eigenvalue weighted by Gasteiger charge is 2.11. The van der Waals surface area contributed by atoms with Crippen molar-refractivity contribution in [3.05, 3.63) is 23.8 Å². The van der Waals surface area contributed by atoms with E-state index in [0.29, 0.717) is 31.1 Å². The van der Waals surface area contributed by atoms with Crippen LogP contribution in [0.2, 0.25) is 0 Å². The number of para-hydroxylation sites is 1. The van der Waals surface area contributed by atoms with Crippen LogP contribution in [0.4, 0.5) is 0 Å². The molecular weight excluding hydrogens is 286 g/mol. The molecule has 0 spiro atoms. The molecule has 0 radical (unpaired) electrons. The maximum atomic E-state index is 11.5. The summed E-state index contributed by atoms with van der Waals surface area (Å²) < 4.78 is 11.0. The average Bonchev–Trinajstić information content (AvgIpc) is 2.51. The number of carboxylic acid groups (broad SMARTS) is 1. The summed E-state index contributed by atoms with van der Waals surface area (Å²) in [6.45, 7) is 3.05. The first-order chi connectivity index (χ1) is 10.6. The molecule has 1 aromatic rings. The van der Waals surface area contributed by atoms with Gasteiger partial charge in [0.1, 0.15) is 0 Å². The van der Waals surface area contributed by atoms with E-state index < -0.39 is 5.97 Å². The molecule has 0 unspecified atom stereocenters. The molecule has 0 heterocycles. The molecule has 0 aromatic heterocycles. The molecule has 1 aromatic carbocycles.